The van der Waals surface area contributed by atoms with Gasteiger partial charge < -0.3 is 25.5 Å². The molecule has 2 unspecified atom stereocenters. The van der Waals surface area contributed by atoms with Gasteiger partial charge in [-0.1, -0.05) is 36.4 Å². The van der Waals surface area contributed by atoms with Crippen molar-refractivity contribution >= 4 is 23.3 Å². The first-order valence-corrected chi connectivity index (χ1v) is 15.9. The Labute approximate surface area is 295 Å². The van der Waals surface area contributed by atoms with Crippen LogP contribution in [0.25, 0.3) is 0 Å². The van der Waals surface area contributed by atoms with Crippen LogP contribution in [0.4, 0.5) is 0 Å². The van der Waals surface area contributed by atoms with E-state index in [1.807, 2.05) is 67.6 Å². The topological polar surface area (TPSA) is 80.7 Å². The summed E-state index contributed by atoms with van der Waals surface area (Å²) in [7, 11) is 1.44. The maximum Gasteiger partial charge on any atom is 1.00 e. The third-order valence-corrected chi connectivity index (χ3v) is 8.73. The smallest absolute Gasteiger partial charge is 1.00 e. The van der Waals surface area contributed by atoms with Crippen molar-refractivity contribution in [2.75, 3.05) is 53.1 Å². The third kappa shape index (κ3) is 14.4. The van der Waals surface area contributed by atoms with Crippen LogP contribution in [-0.2, 0) is 14.3 Å². The van der Waals surface area contributed by atoms with Gasteiger partial charge in [0.25, 0.3) is 0 Å². The molecule has 0 aromatic heterocycles. The molecular weight excluding hydrogens is 578 g/mol. The zero-order valence-electron chi connectivity index (χ0n) is 29.0. The van der Waals surface area contributed by atoms with Gasteiger partial charge in [0, 0.05) is 45.4 Å². The number of aliphatic hydroxyl groups is 1. The summed E-state index contributed by atoms with van der Waals surface area (Å²) in [5.74, 6) is 1.69. The van der Waals surface area contributed by atoms with E-state index < -0.39 is 0 Å². The Morgan fingerprint density at radius 2 is 1.22 bits per heavy atom. The van der Waals surface area contributed by atoms with E-state index in [4.69, 9.17) is 18.9 Å². The fraction of sp³-hybridized carbons (Fsp3) is 0.629. The first-order valence-electron chi connectivity index (χ1n) is 15.9. The molecule has 248 valence electrons. The zero-order valence-corrected chi connectivity index (χ0v) is 28.0. The third-order valence-electron chi connectivity index (χ3n) is 8.73. The van der Waals surface area contributed by atoms with Crippen LogP contribution >= 0.6 is 0 Å². The predicted octanol–water partition coefficient (Wildman–Crippen LogP) is 1.51. The summed E-state index contributed by atoms with van der Waals surface area (Å²) in [5, 5.41) is 9.18. The second-order valence-electron chi connectivity index (χ2n) is 12.4. The number of methoxy groups -OCH3 is 1. The second kappa shape index (κ2) is 21.4. The number of para-hydroxylation sites is 2. The predicted molar refractivity (Wildman–Crippen MR) is 182 cm³/mol. The van der Waals surface area contributed by atoms with Crippen LogP contribution in [-0.4, -0.2) is 115 Å². The molecule has 3 heterocycles. The Morgan fingerprint density at radius 3 is 1.56 bits per heavy atom. The number of hydrogen-bond donors (Lipinski definition) is 1. The van der Waals surface area contributed by atoms with E-state index in [0.29, 0.717) is 0 Å². The second-order valence-corrected chi connectivity index (χ2v) is 12.4. The van der Waals surface area contributed by atoms with Gasteiger partial charge in [-0.2, -0.15) is 0 Å². The number of rotatable bonds is 8. The van der Waals surface area contributed by atoms with Gasteiger partial charge in [0.1, 0.15) is 28.7 Å². The molecule has 3 fully saturated rings. The van der Waals surface area contributed by atoms with Gasteiger partial charge in [0.15, 0.2) is 17.4 Å². The van der Waals surface area contributed by atoms with Crippen LogP contribution in [0.3, 0.4) is 0 Å². The number of benzene rings is 2. The van der Waals surface area contributed by atoms with E-state index in [9.17, 15) is 9.90 Å². The standard InChI is InChI=1S/C16H23NO3.C15H23NO2.C4H8O.Al.Li.4H/c1-13(15(18)19-3)17-11-9-16(2,10-12-17)20-14-7-5-4-6-8-14;1-13(12-17)16-10-8-15(2,9-11-16)18-14-6-4-3-5-7-14;1-2-4-5-3-1;;;;;;/h4-8,13H,9-12H2,1-3H3;3-7,13,17H,8-12H2,1-2H3;1-4H2;;;;;;/q;;;;+1;;;;-1. The summed E-state index contributed by atoms with van der Waals surface area (Å²) < 4.78 is 22.0. The van der Waals surface area contributed by atoms with Crippen molar-refractivity contribution in [3.63, 3.8) is 0 Å². The quantitative estimate of drug-likeness (QED) is 0.345. The summed E-state index contributed by atoms with van der Waals surface area (Å²) in [5.41, 5.74) is -0.235. The van der Waals surface area contributed by atoms with Gasteiger partial charge in [0.2, 0.25) is 0 Å². The molecule has 0 spiro atoms. The number of likely N-dealkylation sites (tertiary alicyclic amines) is 2. The number of carbonyl (C=O) groups excluding carboxylic acids is 1. The van der Waals surface area contributed by atoms with E-state index in [0.717, 1.165) is 76.6 Å². The van der Waals surface area contributed by atoms with Crippen molar-refractivity contribution in [2.45, 2.75) is 89.5 Å². The molecule has 0 bridgehead atoms. The molecule has 5 rings (SSSR count). The van der Waals surface area contributed by atoms with Crippen LogP contribution < -0.4 is 28.3 Å². The molecule has 3 saturated heterocycles. The molecule has 0 saturated carbocycles. The number of esters is 1. The molecule has 1 N–H and O–H groups in total. The molecule has 2 aromatic carbocycles. The zero-order chi connectivity index (χ0) is 31.1. The van der Waals surface area contributed by atoms with Crippen molar-refractivity contribution in [2.24, 2.45) is 0 Å². The normalized spacial score (nSPS) is 20.2. The van der Waals surface area contributed by atoms with Gasteiger partial charge in [-0.25, -0.2) is 0 Å². The van der Waals surface area contributed by atoms with Crippen molar-refractivity contribution in [3.05, 3.63) is 60.7 Å². The van der Waals surface area contributed by atoms with E-state index in [1.54, 1.807) is 0 Å². The minimum atomic E-state index is -0.179. The number of aliphatic hydroxyl groups excluding tert-OH is 1. The SMILES string of the molecule is C1CCOC1.CC(CO)N1CCC(C)(Oc2ccccc2)CC1.COC(=O)C(C)N1CCC(C)(Oc2ccccc2)CC1.[AlH3].[H-].[Li+]. The molecule has 0 radical (unpaired) electrons. The van der Waals surface area contributed by atoms with Crippen LogP contribution in [0, 0.1) is 0 Å². The first-order chi connectivity index (χ1) is 20.7. The van der Waals surface area contributed by atoms with Gasteiger partial charge >= 0.3 is 24.8 Å². The van der Waals surface area contributed by atoms with Crippen molar-refractivity contribution < 1.29 is 49.1 Å². The minimum Gasteiger partial charge on any atom is -1.00 e. The van der Waals surface area contributed by atoms with Crippen LogP contribution in [0.2, 0.25) is 0 Å². The molecule has 2 atom stereocenters. The van der Waals surface area contributed by atoms with Gasteiger partial charge in [-0.15, -0.1) is 0 Å². The van der Waals surface area contributed by atoms with Gasteiger partial charge in [0.05, 0.1) is 13.7 Å². The number of ether oxygens (including phenoxy) is 4. The number of carbonyl (C=O) groups is 1. The Balaban J connectivity index is 0.000000724. The summed E-state index contributed by atoms with van der Waals surface area (Å²) in [6, 6.07) is 20.0. The maximum atomic E-state index is 11.6. The average Bonchev–Trinajstić information content (AvgIpc) is 3.62. The number of nitrogens with zero attached hydrogens (tertiary/aromatic N) is 2. The maximum absolute atomic E-state index is 11.6. The molecule has 0 amide bonds. The number of hydrogen-bond acceptors (Lipinski definition) is 8. The summed E-state index contributed by atoms with van der Waals surface area (Å²) in [6.45, 7) is 14.2. The Bertz CT molecular complexity index is 1050. The van der Waals surface area contributed by atoms with E-state index in [2.05, 4.69) is 30.6 Å². The van der Waals surface area contributed by atoms with Gasteiger partial charge in [-0.05, 0) is 90.5 Å². The number of piperidine rings is 2. The first kappa shape index (κ1) is 41.5. The fourth-order valence-electron chi connectivity index (χ4n) is 5.52. The van der Waals surface area contributed by atoms with Crippen molar-refractivity contribution in [3.8, 4) is 11.5 Å². The van der Waals surface area contributed by atoms with E-state index in [1.165, 1.54) is 20.0 Å². The Morgan fingerprint density at radius 1 is 0.822 bits per heavy atom. The Kier molecular flexibility index (Phi) is 19.7. The average molecular weight is 637 g/mol. The molecule has 45 heavy (non-hydrogen) atoms. The van der Waals surface area contributed by atoms with Crippen LogP contribution in [0.1, 0.15) is 67.6 Å². The van der Waals surface area contributed by atoms with Gasteiger partial charge in [-0.3, -0.25) is 14.6 Å². The Hall–Kier alpha value is -1.52. The monoisotopic (exact) mass is 636 g/mol. The molecule has 10 heteroatoms. The summed E-state index contributed by atoms with van der Waals surface area (Å²) in [6.07, 6.45) is 6.38. The molecule has 8 nitrogen and oxygen atoms in total. The van der Waals surface area contributed by atoms with Crippen LogP contribution in [0.5, 0.6) is 11.5 Å². The van der Waals surface area contributed by atoms with Crippen molar-refractivity contribution in [1.29, 1.82) is 0 Å². The minimum absolute atomic E-state index is 0. The van der Waals surface area contributed by atoms with Crippen LogP contribution in [0.15, 0.2) is 60.7 Å². The molecular formula is C35H58AlLiN2O6. The fourth-order valence-corrected chi connectivity index (χ4v) is 5.52. The van der Waals surface area contributed by atoms with Crippen molar-refractivity contribution in [1.82, 2.24) is 9.80 Å². The summed E-state index contributed by atoms with van der Waals surface area (Å²) in [4.78, 5) is 16.1. The molecule has 2 aromatic rings. The summed E-state index contributed by atoms with van der Waals surface area (Å²) >= 11 is 0. The molecule has 3 aliphatic rings. The van der Waals surface area contributed by atoms with E-state index >= 15 is 0 Å². The molecule has 0 aliphatic carbocycles. The largest absolute Gasteiger partial charge is 1.00 e. The molecule has 3 aliphatic heterocycles. The van der Waals surface area contributed by atoms with E-state index in [-0.39, 0.29) is 73.5 Å².